The molecule has 1 rings (SSSR count). The van der Waals surface area contributed by atoms with Gasteiger partial charge in [0.05, 0.1) is 6.42 Å². The highest BCUT2D eigenvalue weighted by molar-refractivity contribution is 9.10. The van der Waals surface area contributed by atoms with Gasteiger partial charge < -0.3 is 9.53 Å². The maximum atomic E-state index is 10.7. The smallest absolute Gasteiger partial charge is 0.307 e. The molecule has 0 atom stereocenters. The molecule has 0 fully saturated rings. The van der Waals surface area contributed by atoms with E-state index >= 15 is 0 Å². The second-order valence-corrected chi connectivity index (χ2v) is 11.8. The highest BCUT2D eigenvalue weighted by Crippen LogP contribution is 2.38. The summed E-state index contributed by atoms with van der Waals surface area (Å²) in [7, 11) is -1.86. The maximum Gasteiger partial charge on any atom is 0.307 e. The molecule has 0 unspecified atom stereocenters. The minimum absolute atomic E-state index is 0.0148. The first-order valence-electron chi connectivity index (χ1n) is 6.22. The summed E-state index contributed by atoms with van der Waals surface area (Å²) in [5, 5.41) is 8.95. The molecule has 1 aromatic rings. The second-order valence-electron chi connectivity index (χ2n) is 6.19. The van der Waals surface area contributed by atoms with Crippen molar-refractivity contribution in [1.82, 2.24) is 0 Å². The first kappa shape index (κ1) is 16.2. The third-order valence-electron chi connectivity index (χ3n) is 3.55. The van der Waals surface area contributed by atoms with Crippen molar-refractivity contribution in [2.24, 2.45) is 0 Å². The lowest BCUT2D eigenvalue weighted by atomic mass is 10.1. The van der Waals surface area contributed by atoms with Crippen LogP contribution in [-0.4, -0.2) is 19.4 Å². The monoisotopic (exact) mass is 344 g/mol. The number of hydrogen-bond donors (Lipinski definition) is 1. The molecule has 1 N–H and O–H groups in total. The molecule has 19 heavy (non-hydrogen) atoms. The summed E-state index contributed by atoms with van der Waals surface area (Å²) in [4.78, 5) is 10.7. The molecule has 0 aliphatic heterocycles. The zero-order valence-electron chi connectivity index (χ0n) is 12.1. The maximum absolute atomic E-state index is 10.7. The fourth-order valence-corrected chi connectivity index (χ4v) is 2.87. The normalized spacial score (nSPS) is 12.3. The van der Waals surface area contributed by atoms with Crippen molar-refractivity contribution < 1.29 is 14.3 Å². The van der Waals surface area contributed by atoms with Crippen LogP contribution in [0.5, 0.6) is 5.75 Å². The predicted molar refractivity (Wildman–Crippen MR) is 83.3 cm³/mol. The Bertz CT molecular complexity index is 478. The summed E-state index contributed by atoms with van der Waals surface area (Å²) in [6.45, 7) is 10.9. The van der Waals surface area contributed by atoms with E-state index in [1.165, 1.54) is 0 Å². The molecule has 0 saturated carbocycles. The molecule has 0 spiro atoms. The third-order valence-corrected chi connectivity index (χ3v) is 8.64. The molecule has 106 valence electrons. The van der Waals surface area contributed by atoms with Gasteiger partial charge in [-0.1, -0.05) is 42.8 Å². The molecule has 0 aliphatic carbocycles. The van der Waals surface area contributed by atoms with Gasteiger partial charge in [0.2, 0.25) is 8.32 Å². The minimum atomic E-state index is -1.86. The molecule has 0 amide bonds. The second kappa shape index (κ2) is 5.67. The molecule has 3 nitrogen and oxygen atoms in total. The lowest BCUT2D eigenvalue weighted by molar-refractivity contribution is -0.136. The van der Waals surface area contributed by atoms with Gasteiger partial charge in [-0.2, -0.15) is 0 Å². The molecule has 0 radical (unpaired) electrons. The topological polar surface area (TPSA) is 46.5 Å². The van der Waals surface area contributed by atoms with E-state index in [1.807, 2.05) is 12.1 Å². The third kappa shape index (κ3) is 4.35. The summed E-state index contributed by atoms with van der Waals surface area (Å²) < 4.78 is 6.95. The van der Waals surface area contributed by atoms with Gasteiger partial charge in [-0.25, -0.2) is 0 Å². The summed E-state index contributed by atoms with van der Waals surface area (Å²) in [6.07, 6.45) is 0.0148. The number of rotatable bonds is 4. The Labute approximate surface area is 124 Å². The van der Waals surface area contributed by atoms with E-state index in [4.69, 9.17) is 9.53 Å². The van der Waals surface area contributed by atoms with Crippen LogP contribution in [0.4, 0.5) is 0 Å². The zero-order chi connectivity index (χ0) is 14.8. The van der Waals surface area contributed by atoms with Gasteiger partial charge >= 0.3 is 5.97 Å². The van der Waals surface area contributed by atoms with E-state index in [0.717, 1.165) is 15.8 Å². The van der Waals surface area contributed by atoms with Crippen molar-refractivity contribution in [3.8, 4) is 5.75 Å². The molecule has 0 bridgehead atoms. The number of carboxylic acids is 1. The van der Waals surface area contributed by atoms with E-state index in [-0.39, 0.29) is 11.5 Å². The van der Waals surface area contributed by atoms with Crippen LogP contribution in [0.1, 0.15) is 26.3 Å². The fraction of sp³-hybridized carbons (Fsp3) is 0.500. The summed E-state index contributed by atoms with van der Waals surface area (Å²) in [5.41, 5.74) is 0.759. The van der Waals surface area contributed by atoms with E-state index < -0.39 is 14.3 Å². The Kier molecular flexibility index (Phi) is 4.85. The lowest BCUT2D eigenvalue weighted by Gasteiger charge is -2.36. The van der Waals surface area contributed by atoms with Crippen molar-refractivity contribution in [2.75, 3.05) is 0 Å². The Morgan fingerprint density at radius 1 is 1.37 bits per heavy atom. The number of benzene rings is 1. The Hall–Kier alpha value is -0.813. The average Bonchev–Trinajstić information content (AvgIpc) is 2.19. The lowest BCUT2D eigenvalue weighted by Crippen LogP contribution is -2.43. The number of aliphatic carboxylic acids is 1. The minimum Gasteiger partial charge on any atom is -0.543 e. The highest BCUT2D eigenvalue weighted by Gasteiger charge is 2.38. The number of carbonyl (C=O) groups is 1. The summed E-state index contributed by atoms with van der Waals surface area (Å²) >= 11 is 3.41. The van der Waals surface area contributed by atoms with Crippen LogP contribution in [-0.2, 0) is 11.2 Å². The van der Waals surface area contributed by atoms with E-state index in [1.54, 1.807) is 6.07 Å². The Morgan fingerprint density at radius 2 is 1.95 bits per heavy atom. The van der Waals surface area contributed by atoms with E-state index in [2.05, 4.69) is 49.8 Å². The highest BCUT2D eigenvalue weighted by atomic mass is 79.9. The SMILES string of the molecule is CC(C)(C)[Si](C)(C)Oc1ccc(CC(=O)O)c(Br)c1. The summed E-state index contributed by atoms with van der Waals surface area (Å²) in [5.74, 6) is -0.0358. The van der Waals surface area contributed by atoms with Gasteiger partial charge in [-0.3, -0.25) is 4.79 Å². The molecular weight excluding hydrogens is 324 g/mol. The molecule has 0 saturated heterocycles. The summed E-state index contributed by atoms with van der Waals surface area (Å²) in [6, 6.07) is 5.52. The number of carboxylic acid groups (broad SMARTS) is 1. The van der Waals surface area contributed by atoms with E-state index in [0.29, 0.717) is 0 Å². The molecule has 0 aliphatic rings. The van der Waals surface area contributed by atoms with Gasteiger partial charge in [0.15, 0.2) is 0 Å². The average molecular weight is 345 g/mol. The van der Waals surface area contributed by atoms with Crippen LogP contribution < -0.4 is 4.43 Å². The molecule has 5 heteroatoms. The van der Waals surface area contributed by atoms with Crippen LogP contribution >= 0.6 is 15.9 Å². The predicted octanol–water partition coefficient (Wildman–Crippen LogP) is 4.46. The fourth-order valence-electron chi connectivity index (χ4n) is 1.35. The molecule has 0 aromatic heterocycles. The van der Waals surface area contributed by atoms with Crippen LogP contribution in [0.25, 0.3) is 0 Å². The standard InChI is InChI=1S/C14H21BrO3Si/c1-14(2,3)19(4,5)18-11-7-6-10(8-13(16)17)12(15)9-11/h6-7,9H,8H2,1-5H3,(H,16,17). The molecular formula is C14H21BrO3Si. The molecule has 0 heterocycles. The van der Waals surface area contributed by atoms with Crippen molar-refractivity contribution in [2.45, 2.75) is 45.3 Å². The largest absolute Gasteiger partial charge is 0.543 e. The van der Waals surface area contributed by atoms with Crippen molar-refractivity contribution in [3.05, 3.63) is 28.2 Å². The van der Waals surface area contributed by atoms with Gasteiger partial charge in [0.1, 0.15) is 5.75 Å². The van der Waals surface area contributed by atoms with Crippen LogP contribution in [0.2, 0.25) is 18.1 Å². The number of hydrogen-bond acceptors (Lipinski definition) is 2. The van der Waals surface area contributed by atoms with Crippen molar-refractivity contribution in [3.63, 3.8) is 0 Å². The van der Waals surface area contributed by atoms with Gasteiger partial charge in [-0.15, -0.1) is 0 Å². The quantitative estimate of drug-likeness (QED) is 0.820. The van der Waals surface area contributed by atoms with Crippen molar-refractivity contribution >= 4 is 30.2 Å². The van der Waals surface area contributed by atoms with Gasteiger partial charge in [-0.05, 0) is 35.8 Å². The Morgan fingerprint density at radius 3 is 2.37 bits per heavy atom. The first-order chi connectivity index (χ1) is 8.53. The van der Waals surface area contributed by atoms with E-state index in [9.17, 15) is 4.79 Å². The van der Waals surface area contributed by atoms with Gasteiger partial charge in [0.25, 0.3) is 0 Å². The van der Waals surface area contributed by atoms with Gasteiger partial charge in [0, 0.05) is 4.47 Å². The van der Waals surface area contributed by atoms with Crippen molar-refractivity contribution in [1.29, 1.82) is 0 Å². The zero-order valence-corrected chi connectivity index (χ0v) is 14.7. The molecule has 1 aromatic carbocycles. The Balaban J connectivity index is 2.93. The van der Waals surface area contributed by atoms with Crippen LogP contribution in [0.15, 0.2) is 22.7 Å². The van der Waals surface area contributed by atoms with Crippen LogP contribution in [0, 0.1) is 0 Å². The number of halogens is 1. The first-order valence-corrected chi connectivity index (χ1v) is 9.92. The van der Waals surface area contributed by atoms with Crippen LogP contribution in [0.3, 0.4) is 0 Å².